The molecule has 0 aliphatic carbocycles. The van der Waals surface area contributed by atoms with E-state index < -0.39 is 0 Å². The average Bonchev–Trinajstić information content (AvgIpc) is 2.78. The van der Waals surface area contributed by atoms with E-state index in [1.165, 1.54) is 6.42 Å². The zero-order chi connectivity index (χ0) is 20.5. The van der Waals surface area contributed by atoms with Crippen molar-refractivity contribution in [2.24, 2.45) is 0 Å². The molecule has 1 N–H and O–H groups in total. The van der Waals surface area contributed by atoms with Gasteiger partial charge in [-0.05, 0) is 74.7 Å². The summed E-state index contributed by atoms with van der Waals surface area (Å²) in [6.07, 6.45) is 3.32. The van der Waals surface area contributed by atoms with Crippen LogP contribution in [0.5, 0.6) is 5.75 Å². The molecule has 0 bridgehead atoms. The van der Waals surface area contributed by atoms with E-state index in [2.05, 4.69) is 5.32 Å². The van der Waals surface area contributed by atoms with Crippen LogP contribution in [0.2, 0.25) is 0 Å². The van der Waals surface area contributed by atoms with Crippen LogP contribution in [-0.2, 0) is 4.74 Å². The van der Waals surface area contributed by atoms with Gasteiger partial charge in [-0.1, -0.05) is 0 Å². The van der Waals surface area contributed by atoms with Gasteiger partial charge in [0.15, 0.2) is 0 Å². The van der Waals surface area contributed by atoms with E-state index in [0.29, 0.717) is 42.4 Å². The summed E-state index contributed by atoms with van der Waals surface area (Å²) in [7, 11) is 0. The van der Waals surface area contributed by atoms with Crippen molar-refractivity contribution in [3.8, 4) is 5.75 Å². The second-order valence-corrected chi connectivity index (χ2v) is 6.95. The van der Waals surface area contributed by atoms with Crippen LogP contribution in [0.25, 0.3) is 0 Å². The van der Waals surface area contributed by atoms with Crippen molar-refractivity contribution in [3.63, 3.8) is 0 Å². The maximum absolute atomic E-state index is 12.5. The van der Waals surface area contributed by atoms with Crippen molar-refractivity contribution >= 4 is 17.5 Å². The van der Waals surface area contributed by atoms with Crippen molar-refractivity contribution in [1.82, 2.24) is 4.90 Å². The number of hydrogen-bond donors (Lipinski definition) is 1. The first-order valence-electron chi connectivity index (χ1n) is 10.2. The van der Waals surface area contributed by atoms with Gasteiger partial charge in [-0.15, -0.1) is 0 Å². The highest BCUT2D eigenvalue weighted by atomic mass is 16.5. The number of ether oxygens (including phenoxy) is 2. The number of likely N-dealkylation sites (tertiary alicyclic amines) is 1. The van der Waals surface area contributed by atoms with Crippen molar-refractivity contribution in [2.75, 3.05) is 38.2 Å². The number of piperidine rings is 1. The van der Waals surface area contributed by atoms with Crippen molar-refractivity contribution in [2.45, 2.75) is 26.2 Å². The predicted octanol–water partition coefficient (Wildman–Crippen LogP) is 3.98. The van der Waals surface area contributed by atoms with Crippen LogP contribution in [0.1, 0.15) is 46.9 Å². The molecule has 29 heavy (non-hydrogen) atoms. The smallest absolute Gasteiger partial charge is 0.255 e. The van der Waals surface area contributed by atoms with E-state index in [-0.39, 0.29) is 11.8 Å². The summed E-state index contributed by atoms with van der Waals surface area (Å²) in [5.41, 5.74) is 1.84. The van der Waals surface area contributed by atoms with Gasteiger partial charge in [-0.2, -0.15) is 0 Å². The number of nitrogens with one attached hydrogen (secondary N) is 1. The zero-order valence-corrected chi connectivity index (χ0v) is 16.9. The number of rotatable bonds is 8. The molecule has 1 aliphatic heterocycles. The quantitative estimate of drug-likeness (QED) is 0.686. The Morgan fingerprint density at radius 3 is 2.21 bits per heavy atom. The highest BCUT2D eigenvalue weighted by Gasteiger charge is 2.18. The molecule has 3 rings (SSSR count). The minimum atomic E-state index is -0.207. The fourth-order valence-electron chi connectivity index (χ4n) is 3.24. The lowest BCUT2D eigenvalue weighted by Gasteiger charge is -2.26. The molecule has 0 saturated carbocycles. The Kier molecular flexibility index (Phi) is 7.64. The monoisotopic (exact) mass is 396 g/mol. The molecule has 2 amide bonds. The average molecular weight is 396 g/mol. The van der Waals surface area contributed by atoms with Crippen molar-refractivity contribution in [3.05, 3.63) is 59.7 Å². The fourth-order valence-corrected chi connectivity index (χ4v) is 3.24. The molecule has 0 aromatic heterocycles. The first-order valence-corrected chi connectivity index (χ1v) is 10.2. The topological polar surface area (TPSA) is 67.9 Å². The van der Waals surface area contributed by atoms with Crippen molar-refractivity contribution in [1.29, 1.82) is 0 Å². The fraction of sp³-hybridized carbons (Fsp3) is 0.391. The van der Waals surface area contributed by atoms with E-state index >= 15 is 0 Å². The van der Waals surface area contributed by atoms with Gasteiger partial charge in [0.1, 0.15) is 12.4 Å². The third kappa shape index (κ3) is 6.06. The number of carbonyl (C=O) groups is 2. The molecule has 6 nitrogen and oxygen atoms in total. The van der Waals surface area contributed by atoms with Gasteiger partial charge < -0.3 is 19.7 Å². The number of amides is 2. The Labute approximate surface area is 171 Å². The Bertz CT molecular complexity index is 797. The van der Waals surface area contributed by atoms with Crippen LogP contribution >= 0.6 is 0 Å². The third-order valence-corrected chi connectivity index (χ3v) is 4.85. The molecule has 1 aliphatic rings. The van der Waals surface area contributed by atoms with Gasteiger partial charge in [0.2, 0.25) is 0 Å². The van der Waals surface area contributed by atoms with E-state index in [1.807, 2.05) is 11.8 Å². The number of anilines is 1. The van der Waals surface area contributed by atoms with Crippen LogP contribution in [-0.4, -0.2) is 49.6 Å². The van der Waals surface area contributed by atoms with Gasteiger partial charge in [0.05, 0.1) is 6.61 Å². The second kappa shape index (κ2) is 10.6. The van der Waals surface area contributed by atoms with Gasteiger partial charge >= 0.3 is 0 Å². The minimum absolute atomic E-state index is 0.0579. The molecule has 0 spiro atoms. The lowest BCUT2D eigenvalue weighted by Crippen LogP contribution is -2.35. The third-order valence-electron chi connectivity index (χ3n) is 4.85. The van der Waals surface area contributed by atoms with E-state index in [9.17, 15) is 9.59 Å². The van der Waals surface area contributed by atoms with Crippen LogP contribution in [0.3, 0.4) is 0 Å². The second-order valence-electron chi connectivity index (χ2n) is 6.95. The molecule has 1 heterocycles. The Balaban J connectivity index is 1.53. The highest BCUT2D eigenvalue weighted by molar-refractivity contribution is 6.04. The highest BCUT2D eigenvalue weighted by Crippen LogP contribution is 2.17. The van der Waals surface area contributed by atoms with Gasteiger partial charge in [-0.3, -0.25) is 9.59 Å². The maximum Gasteiger partial charge on any atom is 0.255 e. The van der Waals surface area contributed by atoms with Crippen LogP contribution in [0.15, 0.2) is 48.5 Å². The Morgan fingerprint density at radius 1 is 0.897 bits per heavy atom. The molecule has 154 valence electrons. The normalized spacial score (nSPS) is 13.8. The van der Waals surface area contributed by atoms with Crippen LogP contribution in [0, 0.1) is 0 Å². The SMILES string of the molecule is CCOCCOc1ccc(C(=O)Nc2ccc(C(=O)N3CCCCC3)cc2)cc1. The summed E-state index contributed by atoms with van der Waals surface area (Å²) < 4.78 is 10.8. The molecule has 0 radical (unpaired) electrons. The number of nitrogens with zero attached hydrogens (tertiary/aromatic N) is 1. The molecular weight excluding hydrogens is 368 g/mol. The Morgan fingerprint density at radius 2 is 1.55 bits per heavy atom. The Hall–Kier alpha value is -2.86. The van der Waals surface area contributed by atoms with E-state index in [4.69, 9.17) is 9.47 Å². The molecule has 2 aromatic rings. The van der Waals surface area contributed by atoms with Gasteiger partial charge in [-0.25, -0.2) is 0 Å². The summed E-state index contributed by atoms with van der Waals surface area (Å²) >= 11 is 0. The first kappa shape index (κ1) is 20.9. The molecule has 1 fully saturated rings. The molecule has 0 unspecified atom stereocenters. The summed E-state index contributed by atoms with van der Waals surface area (Å²) in [6, 6.07) is 14.0. The first-order chi connectivity index (χ1) is 14.2. The van der Waals surface area contributed by atoms with E-state index in [0.717, 1.165) is 25.9 Å². The molecular formula is C23H28N2O4. The standard InChI is InChI=1S/C23H28N2O4/c1-2-28-16-17-29-21-12-8-18(9-13-21)22(26)24-20-10-6-19(7-11-20)23(27)25-14-4-3-5-15-25/h6-13H,2-5,14-17H2,1H3,(H,24,26). The maximum atomic E-state index is 12.5. The summed E-state index contributed by atoms with van der Waals surface area (Å²) in [5, 5.41) is 2.86. The summed E-state index contributed by atoms with van der Waals surface area (Å²) in [6.45, 7) is 5.26. The molecule has 0 atom stereocenters. The molecule has 1 saturated heterocycles. The predicted molar refractivity (Wildman–Crippen MR) is 113 cm³/mol. The molecule has 2 aromatic carbocycles. The number of carbonyl (C=O) groups excluding carboxylic acids is 2. The van der Waals surface area contributed by atoms with E-state index in [1.54, 1.807) is 48.5 Å². The lowest BCUT2D eigenvalue weighted by molar-refractivity contribution is 0.0724. The van der Waals surface area contributed by atoms with Gasteiger partial charge in [0, 0.05) is 36.5 Å². The molecule has 6 heteroatoms. The zero-order valence-electron chi connectivity index (χ0n) is 16.9. The summed E-state index contributed by atoms with van der Waals surface area (Å²) in [5.74, 6) is 0.547. The van der Waals surface area contributed by atoms with Crippen LogP contribution < -0.4 is 10.1 Å². The lowest BCUT2D eigenvalue weighted by atomic mass is 10.1. The minimum Gasteiger partial charge on any atom is -0.491 e. The van der Waals surface area contributed by atoms with Crippen LogP contribution in [0.4, 0.5) is 5.69 Å². The summed E-state index contributed by atoms with van der Waals surface area (Å²) in [4.78, 5) is 26.9. The number of hydrogen-bond acceptors (Lipinski definition) is 4. The largest absolute Gasteiger partial charge is 0.491 e. The van der Waals surface area contributed by atoms with Gasteiger partial charge in [0.25, 0.3) is 11.8 Å². The number of benzene rings is 2. The van der Waals surface area contributed by atoms with Crippen molar-refractivity contribution < 1.29 is 19.1 Å².